The molecule has 3 heterocycles. The van der Waals surface area contributed by atoms with E-state index >= 15 is 0 Å². The molecule has 3 aromatic heterocycles. The summed E-state index contributed by atoms with van der Waals surface area (Å²) < 4.78 is 27.5. The quantitative estimate of drug-likeness (QED) is 0.209. The lowest BCUT2D eigenvalue weighted by Gasteiger charge is -2.14. The molecule has 176 valence electrons. The molecule has 0 saturated heterocycles. The number of aliphatic hydroxyl groups excluding tert-OH is 1. The van der Waals surface area contributed by atoms with Gasteiger partial charge in [-0.15, -0.1) is 0 Å². The normalized spacial score (nSPS) is 12.0. The number of thioether (sulfide) groups is 1. The van der Waals surface area contributed by atoms with Crippen LogP contribution < -0.4 is 16.2 Å². The van der Waals surface area contributed by atoms with Crippen LogP contribution in [0.4, 0.5) is 20.4 Å². The Morgan fingerprint density at radius 3 is 2.76 bits per heavy atom. The van der Waals surface area contributed by atoms with Crippen molar-refractivity contribution in [1.29, 1.82) is 0 Å². The summed E-state index contributed by atoms with van der Waals surface area (Å²) >= 11 is 1.07. The zero-order valence-corrected chi connectivity index (χ0v) is 18.9. The Hall–Kier alpha value is -3.64. The zero-order chi connectivity index (χ0) is 24.1. The number of hydrogen-bond acceptors (Lipinski definition) is 9. The molecule has 0 fully saturated rings. The van der Waals surface area contributed by atoms with E-state index in [1.165, 1.54) is 12.1 Å². The number of fused-ring (bicyclic) bond motifs is 1. The van der Waals surface area contributed by atoms with Gasteiger partial charge >= 0.3 is 0 Å². The second-order valence-electron chi connectivity index (χ2n) is 7.41. The SMILES string of the molecule is CC(CO)Nc1nc(SCc2cccc(F)c2F)nc2[nH]c(=O)c(NCc3cccnc3)nc12. The number of hydrogen-bond donors (Lipinski definition) is 4. The van der Waals surface area contributed by atoms with E-state index in [9.17, 15) is 18.7 Å². The van der Waals surface area contributed by atoms with Crippen molar-refractivity contribution in [2.75, 3.05) is 17.2 Å². The average molecular weight is 486 g/mol. The van der Waals surface area contributed by atoms with Gasteiger partial charge in [0, 0.05) is 36.3 Å². The summed E-state index contributed by atoms with van der Waals surface area (Å²) in [6.45, 7) is 1.91. The van der Waals surface area contributed by atoms with Crippen molar-refractivity contribution in [2.24, 2.45) is 0 Å². The number of nitrogens with zero attached hydrogens (tertiary/aromatic N) is 4. The van der Waals surface area contributed by atoms with E-state index in [4.69, 9.17) is 0 Å². The van der Waals surface area contributed by atoms with Gasteiger partial charge in [-0.2, -0.15) is 0 Å². The van der Waals surface area contributed by atoms with Gasteiger partial charge in [0.1, 0.15) is 0 Å². The van der Waals surface area contributed by atoms with Gasteiger partial charge in [-0.3, -0.25) is 9.78 Å². The number of pyridine rings is 1. The van der Waals surface area contributed by atoms with Crippen molar-refractivity contribution < 1.29 is 13.9 Å². The molecule has 0 aliphatic rings. The Bertz CT molecular complexity index is 1350. The van der Waals surface area contributed by atoms with Crippen molar-refractivity contribution in [2.45, 2.75) is 30.4 Å². The van der Waals surface area contributed by atoms with E-state index in [0.29, 0.717) is 6.54 Å². The van der Waals surface area contributed by atoms with Crippen LogP contribution in [-0.4, -0.2) is 42.7 Å². The van der Waals surface area contributed by atoms with Crippen LogP contribution in [0.2, 0.25) is 0 Å². The van der Waals surface area contributed by atoms with E-state index in [-0.39, 0.29) is 51.9 Å². The Labute approximate surface area is 197 Å². The fourth-order valence-corrected chi connectivity index (χ4v) is 3.83. The van der Waals surface area contributed by atoms with Crippen molar-refractivity contribution in [3.05, 3.63) is 75.8 Å². The third-order valence-electron chi connectivity index (χ3n) is 4.76. The topological polar surface area (TPSA) is 129 Å². The van der Waals surface area contributed by atoms with E-state index < -0.39 is 17.2 Å². The van der Waals surface area contributed by atoms with Crippen LogP contribution in [0.1, 0.15) is 18.1 Å². The summed E-state index contributed by atoms with van der Waals surface area (Å²) in [4.78, 5) is 32.5. The van der Waals surface area contributed by atoms with Crippen LogP contribution in [-0.2, 0) is 12.3 Å². The van der Waals surface area contributed by atoms with Gasteiger partial charge in [0.15, 0.2) is 39.6 Å². The fraction of sp³-hybridized carbons (Fsp3) is 0.227. The molecule has 1 aromatic carbocycles. The number of nitrogens with one attached hydrogen (secondary N) is 3. The summed E-state index contributed by atoms with van der Waals surface area (Å²) in [7, 11) is 0. The van der Waals surface area contributed by atoms with Gasteiger partial charge in [0.05, 0.1) is 6.61 Å². The number of aromatic nitrogens is 5. The Morgan fingerprint density at radius 1 is 1.15 bits per heavy atom. The molecule has 0 aliphatic heterocycles. The van der Waals surface area contributed by atoms with E-state index in [1.54, 1.807) is 25.4 Å². The fourth-order valence-electron chi connectivity index (χ4n) is 3.01. The first-order chi connectivity index (χ1) is 16.4. The zero-order valence-electron chi connectivity index (χ0n) is 18.0. The summed E-state index contributed by atoms with van der Waals surface area (Å²) in [5.41, 5.74) is 0.997. The largest absolute Gasteiger partial charge is 0.394 e. The van der Waals surface area contributed by atoms with Crippen LogP contribution in [0, 0.1) is 11.6 Å². The highest BCUT2D eigenvalue weighted by atomic mass is 32.2. The minimum absolute atomic E-state index is 0.0712. The van der Waals surface area contributed by atoms with Gasteiger partial charge in [-0.05, 0) is 24.6 Å². The number of benzene rings is 1. The standard InChI is InChI=1S/C22H21F2N7O2S/c1-12(10-32)27-18-17-19(29-21(33)20(28-17)26-9-13-4-3-7-25-8-13)31-22(30-18)34-11-14-5-2-6-15(23)16(14)24/h2-8,12,32H,9-11H2,1H3,(H,26,28)(H2,27,29,30,31,33). The number of aliphatic hydroxyl groups is 1. The number of H-pyrrole nitrogens is 1. The molecular formula is C22H21F2N7O2S. The maximum atomic E-state index is 14.0. The molecule has 0 bridgehead atoms. The number of aromatic amines is 1. The smallest absolute Gasteiger partial charge is 0.292 e. The van der Waals surface area contributed by atoms with Crippen molar-refractivity contribution in [1.82, 2.24) is 24.9 Å². The minimum atomic E-state index is -0.934. The average Bonchev–Trinajstić information content (AvgIpc) is 2.84. The molecular weight excluding hydrogens is 464 g/mol. The third-order valence-corrected chi connectivity index (χ3v) is 5.66. The second kappa shape index (κ2) is 10.5. The first kappa shape index (κ1) is 23.5. The third kappa shape index (κ3) is 5.46. The molecule has 0 saturated carbocycles. The first-order valence-electron chi connectivity index (χ1n) is 10.3. The summed E-state index contributed by atoms with van der Waals surface area (Å²) in [6.07, 6.45) is 3.33. The molecule has 1 unspecified atom stereocenters. The molecule has 0 spiro atoms. The van der Waals surface area contributed by atoms with Crippen LogP contribution in [0.15, 0.2) is 52.7 Å². The van der Waals surface area contributed by atoms with Gasteiger partial charge < -0.3 is 20.7 Å². The first-order valence-corrected chi connectivity index (χ1v) is 11.3. The van der Waals surface area contributed by atoms with Crippen molar-refractivity contribution >= 4 is 34.6 Å². The molecule has 4 rings (SSSR count). The van der Waals surface area contributed by atoms with Crippen LogP contribution in [0.3, 0.4) is 0 Å². The maximum Gasteiger partial charge on any atom is 0.292 e. The molecule has 0 aliphatic carbocycles. The molecule has 0 amide bonds. The lowest BCUT2D eigenvalue weighted by atomic mass is 10.2. The lowest BCUT2D eigenvalue weighted by molar-refractivity contribution is 0.281. The number of anilines is 2. The highest BCUT2D eigenvalue weighted by molar-refractivity contribution is 7.98. The van der Waals surface area contributed by atoms with Gasteiger partial charge in [0.2, 0.25) is 0 Å². The predicted octanol–water partition coefficient (Wildman–Crippen LogP) is 3.08. The van der Waals surface area contributed by atoms with Gasteiger partial charge in [-0.1, -0.05) is 30.0 Å². The maximum absolute atomic E-state index is 14.0. The van der Waals surface area contributed by atoms with Crippen LogP contribution in [0.25, 0.3) is 11.2 Å². The number of rotatable bonds is 9. The van der Waals surface area contributed by atoms with Crippen LogP contribution >= 0.6 is 11.8 Å². The summed E-state index contributed by atoms with van der Waals surface area (Å²) in [5, 5.41) is 15.7. The van der Waals surface area contributed by atoms with E-state index in [1.807, 2.05) is 6.07 Å². The lowest BCUT2D eigenvalue weighted by Crippen LogP contribution is -2.22. The summed E-state index contributed by atoms with van der Waals surface area (Å²) in [5.74, 6) is -1.43. The highest BCUT2D eigenvalue weighted by Gasteiger charge is 2.16. The molecule has 9 nitrogen and oxygen atoms in total. The molecule has 4 aromatic rings. The molecule has 0 radical (unpaired) electrons. The number of halogens is 2. The predicted molar refractivity (Wildman–Crippen MR) is 126 cm³/mol. The molecule has 1 atom stereocenters. The highest BCUT2D eigenvalue weighted by Crippen LogP contribution is 2.26. The molecule has 4 N–H and O–H groups in total. The van der Waals surface area contributed by atoms with Gasteiger partial charge in [0.25, 0.3) is 5.56 Å². The minimum Gasteiger partial charge on any atom is -0.394 e. The summed E-state index contributed by atoms with van der Waals surface area (Å²) in [6, 6.07) is 7.23. The molecule has 12 heteroatoms. The van der Waals surface area contributed by atoms with Crippen molar-refractivity contribution in [3.8, 4) is 0 Å². The van der Waals surface area contributed by atoms with Gasteiger partial charge in [-0.25, -0.2) is 23.7 Å². The molecule has 34 heavy (non-hydrogen) atoms. The van der Waals surface area contributed by atoms with E-state index in [2.05, 4.69) is 35.6 Å². The Kier molecular flexibility index (Phi) is 7.28. The van der Waals surface area contributed by atoms with E-state index in [0.717, 1.165) is 23.4 Å². The van der Waals surface area contributed by atoms with Crippen LogP contribution in [0.5, 0.6) is 0 Å². The Morgan fingerprint density at radius 2 is 2.00 bits per heavy atom. The monoisotopic (exact) mass is 485 g/mol. The van der Waals surface area contributed by atoms with Crippen molar-refractivity contribution in [3.63, 3.8) is 0 Å². The second-order valence-corrected chi connectivity index (χ2v) is 8.35. The Balaban J connectivity index is 1.65.